The van der Waals surface area contributed by atoms with Gasteiger partial charge in [-0.05, 0) is 73.1 Å². The number of carbonyl (C=O) groups is 1. The molecule has 4 heteroatoms. The van der Waals surface area contributed by atoms with Crippen molar-refractivity contribution in [3.05, 3.63) is 70.8 Å². The molecule has 0 bridgehead atoms. The highest BCUT2D eigenvalue weighted by atomic mass is 16.5. The van der Waals surface area contributed by atoms with Crippen LogP contribution in [-0.4, -0.2) is 24.7 Å². The van der Waals surface area contributed by atoms with Crippen LogP contribution in [0.15, 0.2) is 48.5 Å². The number of nitrogens with two attached hydrogens (primary N) is 1. The monoisotopic (exact) mass is 419 g/mol. The SMILES string of the molecule is C[C@]12CC[C@@H]3c4ccc(CCOCc5ccccc5)cc4CC[C@H]3[C@@H]1[C@@H](C(N)=O)CO2. The van der Waals surface area contributed by atoms with E-state index in [1.54, 1.807) is 0 Å². The topological polar surface area (TPSA) is 61.5 Å². The standard InChI is InChI=1S/C27H33NO3/c1-27-13-11-22-21-9-7-18(12-14-30-16-19-5-3-2-4-6-19)15-20(21)8-10-23(22)25(27)24(17-31-27)26(28)29/h2-7,9,15,22-25H,8,10-14,16-17H2,1H3,(H2,28,29)/t22-,23-,24+,25-,27+/m1/s1. The second-order valence-corrected chi connectivity index (χ2v) is 9.83. The highest BCUT2D eigenvalue weighted by Gasteiger charge is 2.57. The Hall–Kier alpha value is -2.17. The van der Waals surface area contributed by atoms with Crippen molar-refractivity contribution in [3.8, 4) is 0 Å². The zero-order chi connectivity index (χ0) is 21.4. The molecule has 3 aliphatic rings. The highest BCUT2D eigenvalue weighted by molar-refractivity contribution is 5.77. The van der Waals surface area contributed by atoms with Crippen molar-refractivity contribution < 1.29 is 14.3 Å². The van der Waals surface area contributed by atoms with Crippen LogP contribution >= 0.6 is 0 Å². The van der Waals surface area contributed by atoms with E-state index in [0.717, 1.165) is 38.7 Å². The Bertz CT molecular complexity index is 943. The number of rotatable bonds is 6. The Labute approximate surface area is 185 Å². The Balaban J connectivity index is 1.26. The van der Waals surface area contributed by atoms with Gasteiger partial charge in [-0.3, -0.25) is 4.79 Å². The summed E-state index contributed by atoms with van der Waals surface area (Å²) in [4.78, 5) is 12.1. The van der Waals surface area contributed by atoms with Crippen molar-refractivity contribution in [2.24, 2.45) is 23.5 Å². The molecule has 164 valence electrons. The van der Waals surface area contributed by atoms with Crippen molar-refractivity contribution in [2.45, 2.75) is 57.2 Å². The number of fused-ring (bicyclic) bond motifs is 5. The zero-order valence-corrected chi connectivity index (χ0v) is 18.4. The van der Waals surface area contributed by atoms with Gasteiger partial charge >= 0.3 is 0 Å². The largest absolute Gasteiger partial charge is 0.376 e. The van der Waals surface area contributed by atoms with Crippen molar-refractivity contribution in [1.82, 2.24) is 0 Å². The lowest BCUT2D eigenvalue weighted by atomic mass is 9.56. The summed E-state index contributed by atoms with van der Waals surface area (Å²) in [7, 11) is 0. The average Bonchev–Trinajstić information content (AvgIpc) is 3.15. The molecule has 0 unspecified atom stereocenters. The summed E-state index contributed by atoms with van der Waals surface area (Å²) in [5, 5.41) is 0. The van der Waals surface area contributed by atoms with Crippen LogP contribution in [0.4, 0.5) is 0 Å². The summed E-state index contributed by atoms with van der Waals surface area (Å²) in [6, 6.07) is 17.3. The Morgan fingerprint density at radius 3 is 2.81 bits per heavy atom. The summed E-state index contributed by atoms with van der Waals surface area (Å²) in [6.07, 6.45) is 5.28. The molecule has 0 spiro atoms. The third-order valence-corrected chi connectivity index (χ3v) is 8.03. The normalized spacial score (nSPS) is 31.5. The molecule has 5 atom stereocenters. The molecule has 2 aromatic rings. The van der Waals surface area contributed by atoms with Gasteiger partial charge in [0.15, 0.2) is 0 Å². The van der Waals surface area contributed by atoms with E-state index >= 15 is 0 Å². The molecule has 1 aliphatic heterocycles. The molecule has 1 saturated carbocycles. The third-order valence-electron chi connectivity index (χ3n) is 8.03. The molecule has 2 aliphatic carbocycles. The lowest BCUT2D eigenvalue weighted by molar-refractivity contribution is -0.124. The minimum Gasteiger partial charge on any atom is -0.376 e. The lowest BCUT2D eigenvalue weighted by Gasteiger charge is -2.49. The van der Waals surface area contributed by atoms with Gasteiger partial charge in [0.05, 0.1) is 31.3 Å². The van der Waals surface area contributed by atoms with Gasteiger partial charge in [-0.2, -0.15) is 0 Å². The molecular formula is C27H33NO3. The number of hydrogen-bond donors (Lipinski definition) is 1. The third kappa shape index (κ3) is 3.92. The van der Waals surface area contributed by atoms with Crippen LogP contribution in [-0.2, 0) is 33.7 Å². The summed E-state index contributed by atoms with van der Waals surface area (Å²) in [6.45, 7) is 4.09. The van der Waals surface area contributed by atoms with Gasteiger partial charge in [0, 0.05) is 5.92 Å². The average molecular weight is 420 g/mol. The minimum atomic E-state index is -0.189. The van der Waals surface area contributed by atoms with Gasteiger partial charge in [-0.15, -0.1) is 0 Å². The maximum atomic E-state index is 12.1. The quantitative estimate of drug-likeness (QED) is 0.707. The number of amides is 1. The second kappa shape index (κ2) is 8.40. The Kier molecular flexibility index (Phi) is 5.61. The number of hydrogen-bond acceptors (Lipinski definition) is 3. The van der Waals surface area contributed by atoms with E-state index in [9.17, 15) is 4.79 Å². The molecule has 31 heavy (non-hydrogen) atoms. The fourth-order valence-electron chi connectivity index (χ4n) is 6.50. The fourth-order valence-corrected chi connectivity index (χ4v) is 6.50. The number of benzene rings is 2. The first kappa shape index (κ1) is 20.7. The summed E-state index contributed by atoms with van der Waals surface area (Å²) in [5.74, 6) is 0.939. The van der Waals surface area contributed by atoms with Gasteiger partial charge < -0.3 is 15.2 Å². The van der Waals surface area contributed by atoms with Crippen molar-refractivity contribution in [1.29, 1.82) is 0 Å². The maximum absolute atomic E-state index is 12.1. The molecule has 0 aromatic heterocycles. The number of primary amides is 1. The second-order valence-electron chi connectivity index (χ2n) is 9.83. The molecule has 2 N–H and O–H groups in total. The van der Waals surface area contributed by atoms with Gasteiger partial charge in [0.1, 0.15) is 0 Å². The molecular weight excluding hydrogens is 386 g/mol. The predicted molar refractivity (Wildman–Crippen MR) is 121 cm³/mol. The molecule has 0 radical (unpaired) electrons. The van der Waals surface area contributed by atoms with E-state index in [2.05, 4.69) is 37.3 Å². The van der Waals surface area contributed by atoms with Crippen molar-refractivity contribution in [2.75, 3.05) is 13.2 Å². The summed E-state index contributed by atoms with van der Waals surface area (Å²) < 4.78 is 12.0. The molecule has 2 aromatic carbocycles. The van der Waals surface area contributed by atoms with Crippen LogP contribution in [0.1, 0.15) is 54.4 Å². The Morgan fingerprint density at radius 2 is 2.00 bits per heavy atom. The zero-order valence-electron chi connectivity index (χ0n) is 18.4. The molecule has 1 heterocycles. The highest BCUT2D eigenvalue weighted by Crippen LogP contribution is 2.57. The van der Waals surface area contributed by atoms with E-state index < -0.39 is 0 Å². The first-order valence-electron chi connectivity index (χ1n) is 11.7. The summed E-state index contributed by atoms with van der Waals surface area (Å²) in [5.41, 5.74) is 11.1. The van der Waals surface area contributed by atoms with Gasteiger partial charge in [0.25, 0.3) is 0 Å². The fraction of sp³-hybridized carbons (Fsp3) is 0.519. The smallest absolute Gasteiger partial charge is 0.223 e. The number of aryl methyl sites for hydroxylation is 1. The number of carbonyl (C=O) groups excluding carboxylic acids is 1. The van der Waals surface area contributed by atoms with Crippen LogP contribution in [0.5, 0.6) is 0 Å². The first-order chi connectivity index (χ1) is 15.0. The molecule has 4 nitrogen and oxygen atoms in total. The minimum absolute atomic E-state index is 0.139. The van der Waals surface area contributed by atoms with Crippen LogP contribution in [0, 0.1) is 17.8 Å². The van der Waals surface area contributed by atoms with Gasteiger partial charge in [0.2, 0.25) is 5.91 Å². The van der Waals surface area contributed by atoms with E-state index in [-0.39, 0.29) is 23.3 Å². The first-order valence-corrected chi connectivity index (χ1v) is 11.7. The maximum Gasteiger partial charge on any atom is 0.223 e. The lowest BCUT2D eigenvalue weighted by Crippen LogP contribution is -2.48. The van der Waals surface area contributed by atoms with E-state index in [0.29, 0.717) is 25.0 Å². The van der Waals surface area contributed by atoms with E-state index in [4.69, 9.17) is 15.2 Å². The molecule has 5 rings (SSSR count). The molecule has 1 saturated heterocycles. The predicted octanol–water partition coefficient (Wildman–Crippen LogP) is 4.39. The van der Waals surface area contributed by atoms with Gasteiger partial charge in [-0.25, -0.2) is 0 Å². The summed E-state index contributed by atoms with van der Waals surface area (Å²) >= 11 is 0. The van der Waals surface area contributed by atoms with Crippen molar-refractivity contribution >= 4 is 5.91 Å². The van der Waals surface area contributed by atoms with Crippen LogP contribution in [0.2, 0.25) is 0 Å². The van der Waals surface area contributed by atoms with Crippen LogP contribution in [0.3, 0.4) is 0 Å². The van der Waals surface area contributed by atoms with E-state index in [1.165, 1.54) is 22.3 Å². The molecule has 1 amide bonds. The Morgan fingerprint density at radius 1 is 1.16 bits per heavy atom. The van der Waals surface area contributed by atoms with Crippen LogP contribution < -0.4 is 5.73 Å². The molecule has 2 fully saturated rings. The number of ether oxygens (including phenoxy) is 2. The van der Waals surface area contributed by atoms with Gasteiger partial charge in [-0.1, -0.05) is 48.5 Å². The van der Waals surface area contributed by atoms with E-state index in [1.807, 2.05) is 18.2 Å². The van der Waals surface area contributed by atoms with Crippen LogP contribution in [0.25, 0.3) is 0 Å². The van der Waals surface area contributed by atoms with Crippen molar-refractivity contribution in [3.63, 3.8) is 0 Å².